The monoisotopic (exact) mass is 462 g/mol. The molecule has 0 aromatic rings. The van der Waals surface area contributed by atoms with Crippen LogP contribution in [0.1, 0.15) is 53.4 Å². The van der Waals surface area contributed by atoms with Crippen LogP contribution in [0.2, 0.25) is 0 Å². The Hall–Kier alpha value is -2.52. The molecule has 9 nitrogen and oxygen atoms in total. The number of carboxylic acid groups (broad SMARTS) is 2. The summed E-state index contributed by atoms with van der Waals surface area (Å²) in [5.74, 6) is -9.35. The van der Waals surface area contributed by atoms with E-state index in [0.717, 1.165) is 0 Å². The van der Waals surface area contributed by atoms with Crippen molar-refractivity contribution in [3.8, 4) is 0 Å². The molecule has 0 aliphatic carbocycles. The average molecular weight is 462 g/mol. The number of carboxylic acids is 2. The van der Waals surface area contributed by atoms with Crippen molar-refractivity contribution < 1.29 is 43.6 Å². The van der Waals surface area contributed by atoms with Crippen molar-refractivity contribution in [3.05, 3.63) is 24.3 Å². The molecule has 180 valence electrons. The number of fused-ring (bicyclic) bond motifs is 4. The van der Waals surface area contributed by atoms with Gasteiger partial charge in [-0.3, -0.25) is 19.2 Å². The summed E-state index contributed by atoms with van der Waals surface area (Å²) >= 11 is 0. The maximum atomic E-state index is 13.3. The molecule has 4 aliphatic rings. The largest absolute Gasteiger partial charge is 0.481 e. The lowest BCUT2D eigenvalue weighted by molar-refractivity contribution is -0.175. The number of hydrogen-bond donors (Lipinski definition) is 2. The Morgan fingerprint density at radius 1 is 0.636 bits per heavy atom. The van der Waals surface area contributed by atoms with E-state index in [-0.39, 0.29) is 0 Å². The molecule has 2 N–H and O–H groups in total. The lowest BCUT2D eigenvalue weighted by Gasteiger charge is -2.33. The molecule has 8 unspecified atom stereocenters. The number of aliphatic carboxylic acids is 2. The second kappa shape index (κ2) is 7.50. The van der Waals surface area contributed by atoms with Crippen LogP contribution in [0.4, 0.5) is 0 Å². The minimum atomic E-state index is -1.23. The molecule has 0 aromatic carbocycles. The van der Waals surface area contributed by atoms with Gasteiger partial charge in [-0.1, -0.05) is 52.0 Å². The maximum absolute atomic E-state index is 13.3. The molecule has 0 aromatic heterocycles. The van der Waals surface area contributed by atoms with Crippen LogP contribution >= 0.6 is 0 Å². The number of carbonyl (C=O) groups excluding carboxylic acids is 2. The Kier molecular flexibility index (Phi) is 5.37. The Balaban J connectivity index is 1.67. The Morgan fingerprint density at radius 2 is 0.909 bits per heavy atom. The van der Waals surface area contributed by atoms with Crippen LogP contribution in [-0.4, -0.2) is 56.5 Å². The molecule has 8 atom stereocenters. The highest BCUT2D eigenvalue weighted by molar-refractivity contribution is 5.95. The molecule has 4 heterocycles. The van der Waals surface area contributed by atoms with Crippen molar-refractivity contribution in [1.82, 2.24) is 0 Å². The van der Waals surface area contributed by atoms with Crippen LogP contribution in [0.3, 0.4) is 0 Å². The minimum Gasteiger partial charge on any atom is -0.481 e. The van der Waals surface area contributed by atoms with Gasteiger partial charge < -0.3 is 24.4 Å². The van der Waals surface area contributed by atoms with Crippen molar-refractivity contribution in [1.29, 1.82) is 0 Å². The van der Waals surface area contributed by atoms with Gasteiger partial charge in [-0.25, -0.2) is 0 Å². The fourth-order valence-corrected chi connectivity index (χ4v) is 6.45. The van der Waals surface area contributed by atoms with E-state index in [1.54, 1.807) is 52.0 Å². The Morgan fingerprint density at radius 3 is 1.15 bits per heavy atom. The minimum absolute atomic E-state index is 0.313. The molecule has 4 rings (SSSR count). The number of ether oxygens (including phenoxy) is 3. The van der Waals surface area contributed by atoms with Gasteiger partial charge in [0.25, 0.3) is 0 Å². The molecule has 9 heteroatoms. The third-order valence-corrected chi connectivity index (χ3v) is 8.28. The standard InChI is InChI=1S/C24H30O9/c1-5-21-9-11-23(7-3,32-21)15(13(21)17(25)26)19(29)31-20(30)16-14(18(27)28)22(6-2)10-12-24(16,8-4)33-22/h9-16H,5-8H2,1-4H3,(H,25,26)(H,27,28). The van der Waals surface area contributed by atoms with Crippen LogP contribution in [0.25, 0.3) is 0 Å². The van der Waals surface area contributed by atoms with Gasteiger partial charge in [-0.2, -0.15) is 0 Å². The smallest absolute Gasteiger partial charge is 0.320 e. The summed E-state index contributed by atoms with van der Waals surface area (Å²) < 4.78 is 17.5. The Labute approximate surface area is 191 Å². The third kappa shape index (κ3) is 2.91. The molecule has 0 spiro atoms. The number of carbonyl (C=O) groups is 4. The molecule has 4 bridgehead atoms. The van der Waals surface area contributed by atoms with Crippen LogP contribution in [0, 0.1) is 23.7 Å². The summed E-state index contributed by atoms with van der Waals surface area (Å²) in [7, 11) is 0. The van der Waals surface area contributed by atoms with Crippen molar-refractivity contribution in [3.63, 3.8) is 0 Å². The summed E-state index contributed by atoms with van der Waals surface area (Å²) in [5.41, 5.74) is -4.71. The van der Waals surface area contributed by atoms with Crippen molar-refractivity contribution in [2.24, 2.45) is 23.7 Å². The molecule has 2 saturated heterocycles. The summed E-state index contributed by atoms with van der Waals surface area (Å²) in [5, 5.41) is 19.9. The average Bonchev–Trinajstić information content (AvgIpc) is 3.51. The predicted molar refractivity (Wildman–Crippen MR) is 113 cm³/mol. The highest BCUT2D eigenvalue weighted by Crippen LogP contribution is 2.58. The van der Waals surface area contributed by atoms with Gasteiger partial charge in [-0.15, -0.1) is 0 Å². The van der Waals surface area contributed by atoms with E-state index in [1.165, 1.54) is 0 Å². The SMILES string of the molecule is CCC12C=CC(CC)(O1)C(C(=O)OC(=O)C1C(C(=O)O)C3(CC)C=CC1(CC)O3)C2C(=O)O. The van der Waals surface area contributed by atoms with Gasteiger partial charge in [-0.05, 0) is 25.7 Å². The molecule has 33 heavy (non-hydrogen) atoms. The van der Waals surface area contributed by atoms with E-state index >= 15 is 0 Å². The van der Waals surface area contributed by atoms with Gasteiger partial charge in [0.15, 0.2) is 0 Å². The zero-order valence-corrected chi connectivity index (χ0v) is 19.2. The van der Waals surface area contributed by atoms with Crippen LogP contribution < -0.4 is 0 Å². The molecule has 0 radical (unpaired) electrons. The fourth-order valence-electron chi connectivity index (χ4n) is 6.45. The Bertz CT molecular complexity index is 893. The van der Waals surface area contributed by atoms with Crippen LogP contribution in [0.15, 0.2) is 24.3 Å². The van der Waals surface area contributed by atoms with Gasteiger partial charge in [0.2, 0.25) is 0 Å². The summed E-state index contributed by atoms with van der Waals surface area (Å²) in [6.07, 6.45) is 8.05. The molecule has 0 amide bonds. The summed E-state index contributed by atoms with van der Waals surface area (Å²) in [6, 6.07) is 0. The van der Waals surface area contributed by atoms with E-state index in [1.807, 2.05) is 0 Å². The molecule has 2 fully saturated rings. The number of rotatable bonds is 8. The summed E-state index contributed by atoms with van der Waals surface area (Å²) in [6.45, 7) is 7.09. The van der Waals surface area contributed by atoms with E-state index in [0.29, 0.717) is 25.7 Å². The van der Waals surface area contributed by atoms with Gasteiger partial charge in [0.1, 0.15) is 46.1 Å². The first-order valence-corrected chi connectivity index (χ1v) is 11.5. The van der Waals surface area contributed by atoms with Crippen LogP contribution in [0.5, 0.6) is 0 Å². The lowest BCUT2D eigenvalue weighted by Crippen LogP contribution is -2.50. The van der Waals surface area contributed by atoms with Crippen LogP contribution in [-0.2, 0) is 33.4 Å². The van der Waals surface area contributed by atoms with Gasteiger partial charge >= 0.3 is 23.9 Å². The second-order valence-electron chi connectivity index (χ2n) is 9.43. The van der Waals surface area contributed by atoms with E-state index in [2.05, 4.69) is 0 Å². The molecule has 0 saturated carbocycles. The fraction of sp³-hybridized carbons (Fsp3) is 0.667. The highest BCUT2D eigenvalue weighted by Gasteiger charge is 2.71. The second-order valence-corrected chi connectivity index (χ2v) is 9.43. The summed E-state index contributed by atoms with van der Waals surface area (Å²) in [4.78, 5) is 51.0. The lowest BCUT2D eigenvalue weighted by atomic mass is 9.68. The van der Waals surface area contributed by atoms with E-state index in [9.17, 15) is 29.4 Å². The first-order chi connectivity index (χ1) is 15.5. The van der Waals surface area contributed by atoms with E-state index in [4.69, 9.17) is 14.2 Å². The van der Waals surface area contributed by atoms with Gasteiger partial charge in [0, 0.05) is 0 Å². The van der Waals surface area contributed by atoms with Gasteiger partial charge in [0.05, 0.1) is 0 Å². The highest BCUT2D eigenvalue weighted by atomic mass is 16.6. The normalized spacial score (nSPS) is 44.4. The van der Waals surface area contributed by atoms with E-state index < -0.39 is 70.0 Å². The first-order valence-electron chi connectivity index (χ1n) is 11.5. The first kappa shape index (κ1) is 23.6. The third-order valence-electron chi connectivity index (χ3n) is 8.28. The topological polar surface area (TPSA) is 136 Å². The molecular formula is C24H30O9. The van der Waals surface area contributed by atoms with Crippen molar-refractivity contribution >= 4 is 23.9 Å². The predicted octanol–water partition coefficient (Wildman–Crippen LogP) is 2.49. The zero-order valence-electron chi connectivity index (χ0n) is 19.2. The number of esters is 2. The quantitative estimate of drug-likeness (QED) is 0.317. The maximum Gasteiger partial charge on any atom is 0.320 e. The molecule has 4 aliphatic heterocycles. The number of hydrogen-bond acceptors (Lipinski definition) is 7. The van der Waals surface area contributed by atoms with Crippen molar-refractivity contribution in [2.75, 3.05) is 0 Å². The van der Waals surface area contributed by atoms with Crippen molar-refractivity contribution in [2.45, 2.75) is 75.8 Å². The zero-order chi connectivity index (χ0) is 24.4. The molecular weight excluding hydrogens is 432 g/mol.